The highest BCUT2D eigenvalue weighted by molar-refractivity contribution is 5.73. The average Bonchev–Trinajstić information content (AvgIpc) is 2.89. The lowest BCUT2D eigenvalue weighted by Gasteiger charge is -2.27. The van der Waals surface area contributed by atoms with Crippen molar-refractivity contribution in [1.82, 2.24) is 0 Å². The zero-order chi connectivity index (χ0) is 14.8. The zero-order valence-corrected chi connectivity index (χ0v) is 12.4. The number of halogens is 1. The van der Waals surface area contributed by atoms with Crippen molar-refractivity contribution in [2.24, 2.45) is 5.92 Å². The maximum atomic E-state index is 14.4. The third-order valence-corrected chi connectivity index (χ3v) is 4.72. The van der Waals surface area contributed by atoms with Crippen LogP contribution in [0.2, 0.25) is 0 Å². The number of carbonyl (C=O) groups is 1. The molecule has 114 valence electrons. The van der Waals surface area contributed by atoms with Gasteiger partial charge in [-0.2, -0.15) is 0 Å². The maximum Gasteiger partial charge on any atom is 0.307 e. The van der Waals surface area contributed by atoms with Gasteiger partial charge in [0.05, 0.1) is 6.42 Å². The molecule has 1 saturated carbocycles. The predicted octanol–water partition coefficient (Wildman–Crippen LogP) is 3.31. The molecule has 0 aromatic heterocycles. The van der Waals surface area contributed by atoms with Crippen LogP contribution in [-0.4, -0.2) is 28.4 Å². The molecule has 1 aliphatic carbocycles. The third-order valence-electron chi connectivity index (χ3n) is 4.72. The molecule has 4 atom stereocenters. The smallest absolute Gasteiger partial charge is 0.307 e. The summed E-state index contributed by atoms with van der Waals surface area (Å²) in [5, 5.41) is 10.0. The Kier molecular flexibility index (Phi) is 4.52. The summed E-state index contributed by atoms with van der Waals surface area (Å²) in [6.07, 6.45) is 7.29. The predicted molar refractivity (Wildman–Crippen MR) is 75.0 cm³/mol. The van der Waals surface area contributed by atoms with E-state index in [1.54, 1.807) is 6.08 Å². The van der Waals surface area contributed by atoms with Crippen LogP contribution in [0, 0.1) is 5.92 Å². The zero-order valence-electron chi connectivity index (χ0n) is 12.4. The van der Waals surface area contributed by atoms with Gasteiger partial charge in [-0.15, -0.1) is 0 Å². The molecule has 0 aromatic rings. The molecule has 1 N–H and O–H groups in total. The van der Waals surface area contributed by atoms with Crippen LogP contribution in [0.25, 0.3) is 0 Å². The summed E-state index contributed by atoms with van der Waals surface area (Å²) in [6.45, 7) is 3.43. The van der Waals surface area contributed by atoms with Gasteiger partial charge in [0.15, 0.2) is 0 Å². The fourth-order valence-electron chi connectivity index (χ4n) is 3.32. The van der Waals surface area contributed by atoms with Crippen molar-refractivity contribution in [2.45, 2.75) is 76.2 Å². The van der Waals surface area contributed by atoms with Gasteiger partial charge in [-0.1, -0.05) is 25.8 Å². The number of carbonyl (C=O) groups excluding carboxylic acids is 1. The summed E-state index contributed by atoms with van der Waals surface area (Å²) in [4.78, 5) is 11.5. The monoisotopic (exact) mass is 284 g/mol. The topological polar surface area (TPSA) is 46.5 Å². The van der Waals surface area contributed by atoms with Gasteiger partial charge in [-0.25, -0.2) is 4.39 Å². The molecule has 4 heteroatoms. The molecule has 2 rings (SSSR count). The van der Waals surface area contributed by atoms with Crippen LogP contribution < -0.4 is 0 Å². The largest absolute Gasteiger partial charge is 0.454 e. The van der Waals surface area contributed by atoms with Crippen LogP contribution >= 0.6 is 0 Å². The Labute approximate surface area is 120 Å². The van der Waals surface area contributed by atoms with E-state index in [1.807, 2.05) is 6.92 Å². The van der Waals surface area contributed by atoms with E-state index in [-0.39, 0.29) is 11.9 Å². The standard InChI is InChI=1S/C16H25FO3/c1-3-4-8-15(2,17)13(18)7-10-16-9-5-6-12(16)11-14(19)20-16/h7,10,12-13,18H,3-6,8-9,11H2,1-2H3/t12-,13?,15-,16-/m0/s1. The third kappa shape index (κ3) is 3.05. The van der Waals surface area contributed by atoms with Crippen molar-refractivity contribution in [3.63, 3.8) is 0 Å². The summed E-state index contributed by atoms with van der Waals surface area (Å²) >= 11 is 0. The maximum absolute atomic E-state index is 14.4. The second-order valence-electron chi connectivity index (χ2n) is 6.41. The number of esters is 1. The Morgan fingerprint density at radius 1 is 1.65 bits per heavy atom. The SMILES string of the molecule is CCCC[C@](C)(F)C(O)C=C[C@@]12CCC[C@H]1CC(=O)O2. The Morgan fingerprint density at radius 3 is 3.10 bits per heavy atom. The van der Waals surface area contributed by atoms with Crippen LogP contribution in [0.1, 0.15) is 58.8 Å². The summed E-state index contributed by atoms with van der Waals surface area (Å²) in [5.41, 5.74) is -2.21. The number of rotatable bonds is 6. The van der Waals surface area contributed by atoms with Crippen molar-refractivity contribution in [3.8, 4) is 0 Å². The lowest BCUT2D eigenvalue weighted by Crippen LogP contribution is -2.35. The first-order chi connectivity index (χ1) is 9.39. The molecule has 0 spiro atoms. The summed E-state index contributed by atoms with van der Waals surface area (Å²) in [7, 11) is 0. The van der Waals surface area contributed by atoms with Gasteiger partial charge < -0.3 is 9.84 Å². The normalized spacial score (nSPS) is 34.0. The molecule has 3 nitrogen and oxygen atoms in total. The Morgan fingerprint density at radius 2 is 2.40 bits per heavy atom. The Bertz CT molecular complexity index is 391. The summed E-state index contributed by atoms with van der Waals surface area (Å²) < 4.78 is 19.8. The van der Waals surface area contributed by atoms with E-state index < -0.39 is 17.4 Å². The van der Waals surface area contributed by atoms with E-state index >= 15 is 0 Å². The number of hydrogen-bond donors (Lipinski definition) is 1. The Balaban J connectivity index is 2.03. The van der Waals surface area contributed by atoms with Gasteiger partial charge in [-0.05, 0) is 38.7 Å². The quantitative estimate of drug-likeness (QED) is 0.601. The fourth-order valence-corrected chi connectivity index (χ4v) is 3.32. The van der Waals surface area contributed by atoms with Crippen LogP contribution in [0.5, 0.6) is 0 Å². The van der Waals surface area contributed by atoms with E-state index in [9.17, 15) is 14.3 Å². The van der Waals surface area contributed by atoms with Crippen LogP contribution in [0.4, 0.5) is 4.39 Å². The lowest BCUT2D eigenvalue weighted by atomic mass is 9.88. The molecule has 2 fully saturated rings. The molecule has 1 unspecified atom stereocenters. The van der Waals surface area contributed by atoms with E-state index in [1.165, 1.54) is 13.0 Å². The molecule has 20 heavy (non-hydrogen) atoms. The lowest BCUT2D eigenvalue weighted by molar-refractivity contribution is -0.145. The van der Waals surface area contributed by atoms with Gasteiger partial charge in [-0.3, -0.25) is 4.79 Å². The van der Waals surface area contributed by atoms with E-state index in [4.69, 9.17) is 4.74 Å². The highest BCUT2D eigenvalue weighted by atomic mass is 19.1. The molecular weight excluding hydrogens is 259 g/mol. The van der Waals surface area contributed by atoms with Crippen molar-refractivity contribution in [2.75, 3.05) is 0 Å². The molecule has 1 heterocycles. The molecule has 1 saturated heterocycles. The van der Waals surface area contributed by atoms with Gasteiger partial charge in [0, 0.05) is 5.92 Å². The molecule has 0 radical (unpaired) electrons. The van der Waals surface area contributed by atoms with Crippen LogP contribution in [-0.2, 0) is 9.53 Å². The van der Waals surface area contributed by atoms with Gasteiger partial charge >= 0.3 is 5.97 Å². The molecule has 0 aromatic carbocycles. The van der Waals surface area contributed by atoms with Crippen molar-refractivity contribution < 1.29 is 19.0 Å². The minimum Gasteiger partial charge on any atom is -0.454 e. The molecule has 0 amide bonds. The molecule has 1 aliphatic heterocycles. The van der Waals surface area contributed by atoms with Gasteiger partial charge in [0.1, 0.15) is 17.4 Å². The number of hydrogen-bond acceptors (Lipinski definition) is 3. The van der Waals surface area contributed by atoms with E-state index in [0.29, 0.717) is 12.8 Å². The number of aliphatic hydroxyl groups is 1. The highest BCUT2D eigenvalue weighted by Crippen LogP contribution is 2.47. The minimum atomic E-state index is -1.63. The second kappa shape index (κ2) is 5.84. The molecule has 2 aliphatic rings. The highest BCUT2D eigenvalue weighted by Gasteiger charge is 2.50. The van der Waals surface area contributed by atoms with Gasteiger partial charge in [0.2, 0.25) is 0 Å². The number of fused-ring (bicyclic) bond motifs is 1. The first-order valence-electron chi connectivity index (χ1n) is 7.68. The van der Waals surface area contributed by atoms with Crippen LogP contribution in [0.15, 0.2) is 12.2 Å². The fraction of sp³-hybridized carbons (Fsp3) is 0.812. The van der Waals surface area contributed by atoms with Crippen molar-refractivity contribution in [3.05, 3.63) is 12.2 Å². The summed E-state index contributed by atoms with van der Waals surface area (Å²) in [6, 6.07) is 0. The van der Waals surface area contributed by atoms with Gasteiger partial charge in [0.25, 0.3) is 0 Å². The number of unbranched alkanes of at least 4 members (excludes halogenated alkanes) is 1. The average molecular weight is 284 g/mol. The van der Waals surface area contributed by atoms with E-state index in [2.05, 4.69) is 0 Å². The van der Waals surface area contributed by atoms with Crippen LogP contribution in [0.3, 0.4) is 0 Å². The first kappa shape index (κ1) is 15.5. The van der Waals surface area contributed by atoms with E-state index in [0.717, 1.165) is 32.1 Å². The summed E-state index contributed by atoms with van der Waals surface area (Å²) in [5.74, 6) is 0.0165. The number of ether oxygens (including phenoxy) is 1. The second-order valence-corrected chi connectivity index (χ2v) is 6.41. The minimum absolute atomic E-state index is 0.178. The molecule has 0 bridgehead atoms. The number of alkyl halides is 1. The van der Waals surface area contributed by atoms with Crippen molar-refractivity contribution in [1.29, 1.82) is 0 Å². The Hall–Kier alpha value is -0.900. The molecular formula is C16H25FO3. The number of aliphatic hydroxyl groups excluding tert-OH is 1. The van der Waals surface area contributed by atoms with Crippen molar-refractivity contribution >= 4 is 5.97 Å². The first-order valence-corrected chi connectivity index (χ1v) is 7.68.